The Labute approximate surface area is 134 Å². The largest absolute Gasteiger partial charge is 0.444 e. The molecule has 5 heteroatoms. The number of carbonyl (C=O) groups excluding carboxylic acids is 2. The number of hydrogen-bond acceptors (Lipinski definition) is 4. The molecule has 1 heterocycles. The van der Waals surface area contributed by atoms with Gasteiger partial charge in [-0.1, -0.05) is 12.1 Å². The van der Waals surface area contributed by atoms with Gasteiger partial charge < -0.3 is 4.74 Å². The molecule has 0 saturated heterocycles. The summed E-state index contributed by atoms with van der Waals surface area (Å²) in [5, 5.41) is 2.71. The van der Waals surface area contributed by atoms with E-state index in [1.807, 2.05) is 51.1 Å². The maximum Gasteiger partial charge on any atom is 0.412 e. The van der Waals surface area contributed by atoms with E-state index in [9.17, 15) is 9.59 Å². The Morgan fingerprint density at radius 1 is 1.14 bits per heavy atom. The van der Waals surface area contributed by atoms with Crippen LogP contribution in [0.25, 0.3) is 10.4 Å². The first-order chi connectivity index (χ1) is 10.2. The summed E-state index contributed by atoms with van der Waals surface area (Å²) in [7, 11) is 0. The molecule has 0 radical (unpaired) electrons. The summed E-state index contributed by atoms with van der Waals surface area (Å²) in [6, 6.07) is 11.2. The molecule has 0 aliphatic rings. The van der Waals surface area contributed by atoms with Gasteiger partial charge in [0.25, 0.3) is 0 Å². The van der Waals surface area contributed by atoms with Gasteiger partial charge in [-0.15, -0.1) is 11.3 Å². The van der Waals surface area contributed by atoms with Crippen molar-refractivity contribution < 1.29 is 14.3 Å². The molecule has 4 nitrogen and oxygen atoms in total. The minimum absolute atomic E-state index is 0.0549. The zero-order chi connectivity index (χ0) is 16.3. The molecule has 1 amide bonds. The van der Waals surface area contributed by atoms with Crippen LogP contribution >= 0.6 is 11.3 Å². The molecule has 1 N–H and O–H groups in total. The van der Waals surface area contributed by atoms with E-state index in [-0.39, 0.29) is 5.78 Å². The molecule has 1 aromatic carbocycles. The minimum Gasteiger partial charge on any atom is -0.444 e. The van der Waals surface area contributed by atoms with Crippen LogP contribution in [0.4, 0.5) is 10.5 Å². The van der Waals surface area contributed by atoms with Crippen LogP contribution in [0.5, 0.6) is 0 Å². The zero-order valence-electron chi connectivity index (χ0n) is 13.1. The lowest BCUT2D eigenvalue weighted by Crippen LogP contribution is -2.27. The Balaban J connectivity index is 2.16. The Bertz CT molecular complexity index is 698. The third-order valence-electron chi connectivity index (χ3n) is 2.75. The summed E-state index contributed by atoms with van der Waals surface area (Å²) in [5.74, 6) is 0.0549. The van der Waals surface area contributed by atoms with Crippen molar-refractivity contribution in [3.63, 3.8) is 0 Å². The Morgan fingerprint density at radius 2 is 1.86 bits per heavy atom. The quantitative estimate of drug-likeness (QED) is 0.814. The van der Waals surface area contributed by atoms with Gasteiger partial charge in [0.2, 0.25) is 0 Å². The molecule has 0 atom stereocenters. The Kier molecular flexibility index (Phi) is 4.66. The smallest absolute Gasteiger partial charge is 0.412 e. The van der Waals surface area contributed by atoms with Crippen LogP contribution in [0, 0.1) is 0 Å². The molecule has 116 valence electrons. The molecular formula is C17H19NO3S. The van der Waals surface area contributed by atoms with Gasteiger partial charge in [0.15, 0.2) is 5.78 Å². The third kappa shape index (κ3) is 4.43. The average Bonchev–Trinajstić information content (AvgIpc) is 2.86. The highest BCUT2D eigenvalue weighted by molar-refractivity contribution is 7.17. The highest BCUT2D eigenvalue weighted by Gasteiger charge is 2.16. The number of carbonyl (C=O) groups is 2. The number of ether oxygens (including phenoxy) is 1. The van der Waals surface area contributed by atoms with E-state index in [1.165, 1.54) is 11.3 Å². The van der Waals surface area contributed by atoms with E-state index in [2.05, 4.69) is 5.32 Å². The van der Waals surface area contributed by atoms with E-state index >= 15 is 0 Å². The van der Waals surface area contributed by atoms with Crippen molar-refractivity contribution in [3.05, 3.63) is 41.3 Å². The van der Waals surface area contributed by atoms with E-state index in [4.69, 9.17) is 4.74 Å². The van der Waals surface area contributed by atoms with Gasteiger partial charge in [-0.2, -0.15) is 0 Å². The number of rotatable bonds is 3. The predicted octanol–water partition coefficient (Wildman–Crippen LogP) is 4.96. The van der Waals surface area contributed by atoms with E-state index < -0.39 is 11.7 Å². The molecular weight excluding hydrogens is 298 g/mol. The maximum absolute atomic E-state index is 11.8. The van der Waals surface area contributed by atoms with Gasteiger partial charge in [-0.05, 0) is 57.5 Å². The number of thiophene rings is 1. The highest BCUT2D eigenvalue weighted by atomic mass is 32.1. The first-order valence-electron chi connectivity index (χ1n) is 6.96. The van der Waals surface area contributed by atoms with Crippen molar-refractivity contribution in [2.45, 2.75) is 33.3 Å². The normalized spacial score (nSPS) is 11.1. The van der Waals surface area contributed by atoms with Crippen LogP contribution in [-0.4, -0.2) is 17.5 Å². The Hall–Kier alpha value is -2.14. The van der Waals surface area contributed by atoms with Crippen LogP contribution in [0.15, 0.2) is 36.4 Å². The third-order valence-corrected chi connectivity index (χ3v) is 3.98. The standard InChI is InChI=1S/C17H19NO3S/c1-11(19)14-8-9-15(22-14)12-6-5-7-13(10-12)18-16(20)21-17(2,3)4/h5-10H,1-4H3,(H,18,20). The zero-order valence-corrected chi connectivity index (χ0v) is 13.9. The van der Waals surface area contributed by atoms with E-state index in [0.717, 1.165) is 15.3 Å². The topological polar surface area (TPSA) is 55.4 Å². The average molecular weight is 317 g/mol. The monoisotopic (exact) mass is 317 g/mol. The number of amides is 1. The van der Waals surface area contributed by atoms with Crippen LogP contribution in [0.1, 0.15) is 37.4 Å². The lowest BCUT2D eigenvalue weighted by molar-refractivity contribution is 0.0635. The molecule has 0 aliphatic carbocycles. The second-order valence-corrected chi connectivity index (χ2v) is 7.01. The molecule has 0 unspecified atom stereocenters. The van der Waals surface area contributed by atoms with Crippen molar-refractivity contribution in [1.29, 1.82) is 0 Å². The molecule has 0 spiro atoms. The van der Waals surface area contributed by atoms with Crippen molar-refractivity contribution >= 4 is 28.9 Å². The summed E-state index contributed by atoms with van der Waals surface area (Å²) in [6.07, 6.45) is -0.486. The molecule has 2 rings (SSSR count). The first kappa shape index (κ1) is 16.2. The SMILES string of the molecule is CC(=O)c1ccc(-c2cccc(NC(=O)OC(C)(C)C)c2)s1. The molecule has 1 aromatic heterocycles. The fourth-order valence-electron chi connectivity index (χ4n) is 1.85. The summed E-state index contributed by atoms with van der Waals surface area (Å²) < 4.78 is 5.23. The molecule has 2 aromatic rings. The summed E-state index contributed by atoms with van der Waals surface area (Å²) in [6.45, 7) is 7.00. The number of Topliss-reactive ketones (excluding diaryl/α,β-unsaturated/α-hetero) is 1. The number of anilines is 1. The lowest BCUT2D eigenvalue weighted by Gasteiger charge is -2.19. The number of benzene rings is 1. The van der Waals surface area contributed by atoms with Crippen LogP contribution < -0.4 is 5.32 Å². The van der Waals surface area contributed by atoms with Crippen molar-refractivity contribution in [2.75, 3.05) is 5.32 Å². The van der Waals surface area contributed by atoms with Crippen LogP contribution in [-0.2, 0) is 4.74 Å². The maximum atomic E-state index is 11.8. The predicted molar refractivity (Wildman–Crippen MR) is 89.6 cm³/mol. The fourth-order valence-corrected chi connectivity index (χ4v) is 2.75. The summed E-state index contributed by atoms with van der Waals surface area (Å²) in [4.78, 5) is 24.9. The molecule has 0 saturated carbocycles. The number of nitrogens with one attached hydrogen (secondary N) is 1. The van der Waals surface area contributed by atoms with Gasteiger partial charge in [-0.25, -0.2) is 4.79 Å². The number of hydrogen-bond donors (Lipinski definition) is 1. The van der Waals surface area contributed by atoms with Crippen LogP contribution in [0.2, 0.25) is 0 Å². The van der Waals surface area contributed by atoms with E-state index in [0.29, 0.717) is 5.69 Å². The second-order valence-electron chi connectivity index (χ2n) is 5.93. The fraction of sp³-hybridized carbons (Fsp3) is 0.294. The van der Waals surface area contributed by atoms with Crippen molar-refractivity contribution in [2.24, 2.45) is 0 Å². The Morgan fingerprint density at radius 3 is 2.45 bits per heavy atom. The molecule has 0 fully saturated rings. The molecule has 22 heavy (non-hydrogen) atoms. The first-order valence-corrected chi connectivity index (χ1v) is 7.77. The van der Waals surface area contributed by atoms with Gasteiger partial charge in [-0.3, -0.25) is 10.1 Å². The van der Waals surface area contributed by atoms with Crippen molar-refractivity contribution in [3.8, 4) is 10.4 Å². The van der Waals surface area contributed by atoms with Gasteiger partial charge in [0.1, 0.15) is 5.60 Å². The van der Waals surface area contributed by atoms with Gasteiger partial charge >= 0.3 is 6.09 Å². The lowest BCUT2D eigenvalue weighted by atomic mass is 10.1. The van der Waals surface area contributed by atoms with E-state index in [1.54, 1.807) is 13.0 Å². The second kappa shape index (κ2) is 6.32. The minimum atomic E-state index is -0.536. The highest BCUT2D eigenvalue weighted by Crippen LogP contribution is 2.30. The van der Waals surface area contributed by atoms with Crippen molar-refractivity contribution in [1.82, 2.24) is 0 Å². The van der Waals surface area contributed by atoms with Gasteiger partial charge in [0, 0.05) is 10.6 Å². The molecule has 0 aliphatic heterocycles. The summed E-state index contributed by atoms with van der Waals surface area (Å²) >= 11 is 1.44. The molecule has 0 bridgehead atoms. The van der Waals surface area contributed by atoms with Crippen LogP contribution in [0.3, 0.4) is 0 Å². The van der Waals surface area contributed by atoms with Gasteiger partial charge in [0.05, 0.1) is 4.88 Å². The number of ketones is 1. The summed E-state index contributed by atoms with van der Waals surface area (Å²) in [5.41, 5.74) is 1.07.